The number of quaternary nitrogens is 1. The van der Waals surface area contributed by atoms with Gasteiger partial charge in [-0.15, -0.1) is 0 Å². The fourth-order valence-electron chi connectivity index (χ4n) is 1.53. The van der Waals surface area contributed by atoms with Gasteiger partial charge in [0.2, 0.25) is 0 Å². The van der Waals surface area contributed by atoms with Crippen molar-refractivity contribution >= 4 is 11.4 Å². The van der Waals surface area contributed by atoms with E-state index in [2.05, 4.69) is 11.1 Å². The van der Waals surface area contributed by atoms with Gasteiger partial charge in [0.15, 0.2) is 0 Å². The second-order valence-electron chi connectivity index (χ2n) is 3.97. The second kappa shape index (κ2) is 6.37. The fourth-order valence-corrected chi connectivity index (χ4v) is 1.53. The van der Waals surface area contributed by atoms with Crippen molar-refractivity contribution < 1.29 is 23.8 Å². The summed E-state index contributed by atoms with van der Waals surface area (Å²) in [6, 6.07) is 2.46. The van der Waals surface area contributed by atoms with Gasteiger partial charge in [-0.1, -0.05) is 0 Å². The molecular weight excluding hydrogens is 263 g/mol. The van der Waals surface area contributed by atoms with E-state index < -0.39 is 22.4 Å². The summed E-state index contributed by atoms with van der Waals surface area (Å²) in [5, 5.41) is 13.5. The maximum atomic E-state index is 12.5. The van der Waals surface area contributed by atoms with Gasteiger partial charge in [-0.05, 0) is 25.0 Å². The molecule has 0 radical (unpaired) electrons. The Labute approximate surface area is 107 Å². The van der Waals surface area contributed by atoms with Crippen LogP contribution in [0.5, 0.6) is 0 Å². The molecule has 5 nitrogen and oxygen atoms in total. The van der Waals surface area contributed by atoms with E-state index in [0.29, 0.717) is 12.6 Å². The van der Waals surface area contributed by atoms with Gasteiger partial charge in [0, 0.05) is 12.6 Å². The zero-order valence-electron chi connectivity index (χ0n) is 10.2. The highest BCUT2D eigenvalue weighted by Crippen LogP contribution is 2.34. The molecule has 106 valence electrons. The standard InChI is InChI=1S/C11H14F3N3O2/c12-11(13,14)8-3-4-9(10(7-8)17(18)19)16-6-2-1-5-15/h3-4,7,16H,1-2,5-6,15H2/p+1. The van der Waals surface area contributed by atoms with Crippen molar-refractivity contribution in [2.45, 2.75) is 19.0 Å². The first-order valence-corrected chi connectivity index (χ1v) is 5.75. The van der Waals surface area contributed by atoms with Crippen LogP contribution >= 0.6 is 0 Å². The molecule has 0 aliphatic heterocycles. The largest absolute Gasteiger partial charge is 0.416 e. The molecule has 0 heterocycles. The fraction of sp³-hybridized carbons (Fsp3) is 0.455. The molecule has 0 spiro atoms. The number of nitro groups is 1. The Hall–Kier alpha value is -1.83. The lowest BCUT2D eigenvalue weighted by molar-refractivity contribution is -0.384. The molecule has 0 aliphatic carbocycles. The first-order chi connectivity index (χ1) is 8.86. The Bertz CT molecular complexity index is 449. The van der Waals surface area contributed by atoms with Gasteiger partial charge in [0.1, 0.15) is 5.69 Å². The third kappa shape index (κ3) is 4.40. The zero-order valence-corrected chi connectivity index (χ0v) is 10.2. The number of hydrogen-bond donors (Lipinski definition) is 2. The van der Waals surface area contributed by atoms with Gasteiger partial charge in [0.05, 0.1) is 17.0 Å². The lowest BCUT2D eigenvalue weighted by atomic mass is 10.1. The summed E-state index contributed by atoms with van der Waals surface area (Å²) in [5.74, 6) is 0. The molecule has 8 heteroatoms. The molecule has 4 N–H and O–H groups in total. The Balaban J connectivity index is 2.90. The number of unbranched alkanes of at least 4 members (excludes halogenated alkanes) is 1. The van der Waals surface area contributed by atoms with E-state index in [1.807, 2.05) is 0 Å². The number of hydrogen-bond acceptors (Lipinski definition) is 3. The molecule has 1 rings (SSSR count). The molecule has 0 bridgehead atoms. The van der Waals surface area contributed by atoms with Gasteiger partial charge in [0.25, 0.3) is 5.69 Å². The highest BCUT2D eigenvalue weighted by Gasteiger charge is 2.32. The molecule has 19 heavy (non-hydrogen) atoms. The number of alkyl halides is 3. The minimum Gasteiger partial charge on any atom is -0.379 e. The molecule has 0 fully saturated rings. The third-order valence-electron chi connectivity index (χ3n) is 2.51. The van der Waals surface area contributed by atoms with Crippen LogP contribution in [0.4, 0.5) is 24.5 Å². The van der Waals surface area contributed by atoms with Crippen LogP contribution in [0.1, 0.15) is 18.4 Å². The number of nitro benzene ring substituents is 1. The first-order valence-electron chi connectivity index (χ1n) is 5.75. The second-order valence-corrected chi connectivity index (χ2v) is 3.97. The number of anilines is 1. The molecule has 0 saturated heterocycles. The smallest absolute Gasteiger partial charge is 0.379 e. The van der Waals surface area contributed by atoms with Crippen LogP contribution in [-0.2, 0) is 6.18 Å². The normalized spacial score (nSPS) is 11.4. The molecule has 1 aromatic rings. The quantitative estimate of drug-likeness (QED) is 0.474. The van der Waals surface area contributed by atoms with Gasteiger partial charge in [-0.2, -0.15) is 13.2 Å². The Kier molecular flexibility index (Phi) is 5.11. The lowest BCUT2D eigenvalue weighted by Gasteiger charge is -2.10. The van der Waals surface area contributed by atoms with Crippen molar-refractivity contribution in [3.05, 3.63) is 33.9 Å². The van der Waals surface area contributed by atoms with E-state index in [0.717, 1.165) is 31.5 Å². The molecule has 0 aromatic heterocycles. The number of benzene rings is 1. The molecule has 0 amide bonds. The van der Waals surface area contributed by atoms with E-state index >= 15 is 0 Å². The van der Waals surface area contributed by atoms with E-state index in [-0.39, 0.29) is 5.69 Å². The average molecular weight is 278 g/mol. The number of rotatable bonds is 6. The maximum absolute atomic E-state index is 12.5. The molecule has 0 atom stereocenters. The summed E-state index contributed by atoms with van der Waals surface area (Å²) in [6.45, 7) is 1.21. The van der Waals surface area contributed by atoms with Gasteiger partial charge >= 0.3 is 6.18 Å². The van der Waals surface area contributed by atoms with Crippen molar-refractivity contribution in [1.82, 2.24) is 0 Å². The summed E-state index contributed by atoms with van der Waals surface area (Å²) in [7, 11) is 0. The topological polar surface area (TPSA) is 82.8 Å². The average Bonchev–Trinajstić information content (AvgIpc) is 2.33. The van der Waals surface area contributed by atoms with E-state index in [4.69, 9.17) is 0 Å². The summed E-state index contributed by atoms with van der Waals surface area (Å²) in [5.41, 5.74) is 2.16. The summed E-state index contributed by atoms with van der Waals surface area (Å²) < 4.78 is 37.4. The Morgan fingerprint density at radius 2 is 2.00 bits per heavy atom. The number of halogens is 3. The molecule has 0 saturated carbocycles. The Morgan fingerprint density at radius 3 is 2.53 bits per heavy atom. The van der Waals surface area contributed by atoms with Crippen LogP contribution in [0.25, 0.3) is 0 Å². The molecule has 0 aliphatic rings. The summed E-state index contributed by atoms with van der Waals surface area (Å²) in [4.78, 5) is 9.96. The van der Waals surface area contributed by atoms with Crippen molar-refractivity contribution in [2.24, 2.45) is 0 Å². The van der Waals surface area contributed by atoms with Gasteiger partial charge < -0.3 is 11.1 Å². The molecule has 0 unspecified atom stereocenters. The van der Waals surface area contributed by atoms with Gasteiger partial charge in [-0.25, -0.2) is 0 Å². The van der Waals surface area contributed by atoms with Crippen LogP contribution in [0.15, 0.2) is 18.2 Å². The zero-order chi connectivity index (χ0) is 14.5. The van der Waals surface area contributed by atoms with E-state index in [1.165, 1.54) is 0 Å². The highest BCUT2D eigenvalue weighted by atomic mass is 19.4. The van der Waals surface area contributed by atoms with Crippen LogP contribution in [0.2, 0.25) is 0 Å². The van der Waals surface area contributed by atoms with E-state index in [9.17, 15) is 23.3 Å². The van der Waals surface area contributed by atoms with Crippen LogP contribution in [0, 0.1) is 10.1 Å². The van der Waals surface area contributed by atoms with E-state index in [1.54, 1.807) is 0 Å². The van der Waals surface area contributed by atoms with Crippen molar-refractivity contribution in [2.75, 3.05) is 18.4 Å². The Morgan fingerprint density at radius 1 is 1.32 bits per heavy atom. The van der Waals surface area contributed by atoms with Crippen molar-refractivity contribution in [3.63, 3.8) is 0 Å². The summed E-state index contributed by atoms with van der Waals surface area (Å²) >= 11 is 0. The molecule has 1 aromatic carbocycles. The van der Waals surface area contributed by atoms with Crippen molar-refractivity contribution in [3.8, 4) is 0 Å². The third-order valence-corrected chi connectivity index (χ3v) is 2.51. The minimum absolute atomic E-state index is 0.0991. The number of nitrogens with one attached hydrogen (secondary N) is 1. The lowest BCUT2D eigenvalue weighted by Crippen LogP contribution is -2.50. The summed E-state index contributed by atoms with van der Waals surface area (Å²) in [6.07, 6.45) is -2.99. The molecular formula is C11H15F3N3O2+. The van der Waals surface area contributed by atoms with Crippen molar-refractivity contribution in [1.29, 1.82) is 0 Å². The minimum atomic E-state index is -4.59. The van der Waals surface area contributed by atoms with Crippen LogP contribution in [-0.4, -0.2) is 18.0 Å². The number of nitrogens with zero attached hydrogens (tertiary/aromatic N) is 1. The van der Waals surface area contributed by atoms with Gasteiger partial charge in [-0.3, -0.25) is 10.1 Å². The highest BCUT2D eigenvalue weighted by molar-refractivity contribution is 5.62. The first kappa shape index (κ1) is 15.2. The SMILES string of the molecule is [NH3+]CCCCNc1ccc(C(F)(F)F)cc1[N+](=O)[O-]. The van der Waals surface area contributed by atoms with Crippen LogP contribution < -0.4 is 11.1 Å². The monoisotopic (exact) mass is 278 g/mol. The maximum Gasteiger partial charge on any atom is 0.416 e. The predicted octanol–water partition coefficient (Wildman–Crippen LogP) is 2.05. The van der Waals surface area contributed by atoms with Crippen LogP contribution in [0.3, 0.4) is 0 Å². The predicted molar refractivity (Wildman–Crippen MR) is 63.6 cm³/mol.